The maximum Gasteiger partial charge on any atom is 0.248 e. The summed E-state index contributed by atoms with van der Waals surface area (Å²) in [4.78, 5) is 15.6. The average molecular weight is 260 g/mol. The summed E-state index contributed by atoms with van der Waals surface area (Å²) in [5.41, 5.74) is 3.77. The van der Waals surface area contributed by atoms with Crippen molar-refractivity contribution in [1.82, 2.24) is 4.98 Å². The van der Waals surface area contributed by atoms with Gasteiger partial charge in [-0.25, -0.2) is 4.98 Å². The Morgan fingerprint density at radius 3 is 3.00 bits per heavy atom. The number of benzene rings is 1. The first-order chi connectivity index (χ1) is 8.65. The monoisotopic (exact) mass is 260 g/mol. The van der Waals surface area contributed by atoms with Crippen molar-refractivity contribution in [3.63, 3.8) is 0 Å². The standard InChI is InChI=1S/C13H12N2O2S/c1-9-2-4-11(12(16)6-9)15-13(17)5-3-10-7-18-8-14-10/h2-8,16H,1H3,(H,15,17). The molecule has 1 heterocycles. The van der Waals surface area contributed by atoms with E-state index in [9.17, 15) is 9.90 Å². The highest BCUT2D eigenvalue weighted by Gasteiger charge is 2.03. The lowest BCUT2D eigenvalue weighted by atomic mass is 10.2. The predicted molar refractivity (Wildman–Crippen MR) is 72.6 cm³/mol. The van der Waals surface area contributed by atoms with Crippen LogP contribution >= 0.6 is 11.3 Å². The zero-order valence-corrected chi connectivity index (χ0v) is 10.6. The Labute approximate surface area is 109 Å². The third-order valence-electron chi connectivity index (χ3n) is 2.27. The van der Waals surface area contributed by atoms with E-state index in [-0.39, 0.29) is 11.7 Å². The molecule has 0 saturated heterocycles. The molecule has 1 aromatic carbocycles. The van der Waals surface area contributed by atoms with Crippen molar-refractivity contribution in [2.45, 2.75) is 6.92 Å². The van der Waals surface area contributed by atoms with Crippen molar-refractivity contribution in [2.24, 2.45) is 0 Å². The van der Waals surface area contributed by atoms with E-state index in [1.54, 1.807) is 23.7 Å². The number of aromatic nitrogens is 1. The fraction of sp³-hybridized carbons (Fsp3) is 0.0769. The lowest BCUT2D eigenvalue weighted by Crippen LogP contribution is -2.07. The number of phenols is 1. The van der Waals surface area contributed by atoms with Crippen molar-refractivity contribution >= 4 is 29.0 Å². The van der Waals surface area contributed by atoms with Gasteiger partial charge in [-0.3, -0.25) is 4.79 Å². The van der Waals surface area contributed by atoms with Gasteiger partial charge in [0.2, 0.25) is 5.91 Å². The lowest BCUT2D eigenvalue weighted by Gasteiger charge is -2.05. The second kappa shape index (κ2) is 5.46. The van der Waals surface area contributed by atoms with Crippen LogP contribution in [0.4, 0.5) is 5.69 Å². The summed E-state index contributed by atoms with van der Waals surface area (Å²) in [5, 5.41) is 14.1. The van der Waals surface area contributed by atoms with Crippen molar-refractivity contribution in [3.05, 3.63) is 46.4 Å². The van der Waals surface area contributed by atoms with Crippen LogP contribution in [0.2, 0.25) is 0 Å². The molecular weight excluding hydrogens is 248 g/mol. The van der Waals surface area contributed by atoms with Gasteiger partial charge in [-0.1, -0.05) is 6.07 Å². The quantitative estimate of drug-likeness (QED) is 0.659. The molecule has 2 N–H and O–H groups in total. The van der Waals surface area contributed by atoms with Crippen molar-refractivity contribution in [1.29, 1.82) is 0 Å². The largest absolute Gasteiger partial charge is 0.506 e. The minimum absolute atomic E-state index is 0.0606. The number of thiazole rings is 1. The molecule has 2 rings (SSSR count). The Morgan fingerprint density at radius 1 is 1.50 bits per heavy atom. The van der Waals surface area contributed by atoms with Gasteiger partial charge in [0.25, 0.3) is 0 Å². The van der Waals surface area contributed by atoms with Crippen molar-refractivity contribution < 1.29 is 9.90 Å². The number of aromatic hydroxyl groups is 1. The molecule has 4 nitrogen and oxygen atoms in total. The molecule has 0 aliphatic heterocycles. The Morgan fingerprint density at radius 2 is 2.33 bits per heavy atom. The normalized spacial score (nSPS) is 10.7. The average Bonchev–Trinajstić information content (AvgIpc) is 2.83. The van der Waals surface area contributed by atoms with E-state index >= 15 is 0 Å². The molecule has 0 saturated carbocycles. The van der Waals surface area contributed by atoms with Crippen molar-refractivity contribution in [3.8, 4) is 5.75 Å². The molecule has 2 aromatic rings. The molecule has 0 atom stereocenters. The summed E-state index contributed by atoms with van der Waals surface area (Å²) < 4.78 is 0. The molecule has 0 bridgehead atoms. The second-order valence-corrected chi connectivity index (χ2v) is 4.48. The first-order valence-corrected chi connectivity index (χ1v) is 6.26. The first kappa shape index (κ1) is 12.3. The topological polar surface area (TPSA) is 62.2 Å². The number of rotatable bonds is 3. The van der Waals surface area contributed by atoms with E-state index in [0.29, 0.717) is 5.69 Å². The zero-order valence-electron chi connectivity index (χ0n) is 9.75. The molecule has 0 fully saturated rings. The Kier molecular flexibility index (Phi) is 3.74. The molecule has 18 heavy (non-hydrogen) atoms. The van der Waals surface area contributed by atoms with E-state index in [1.165, 1.54) is 17.4 Å². The molecule has 1 amide bonds. The van der Waals surface area contributed by atoms with Crippen LogP contribution in [0.25, 0.3) is 6.08 Å². The highest BCUT2D eigenvalue weighted by molar-refractivity contribution is 7.07. The van der Waals surface area contributed by atoms with Gasteiger partial charge < -0.3 is 10.4 Å². The number of nitrogens with one attached hydrogen (secondary N) is 1. The van der Waals surface area contributed by atoms with Crippen LogP contribution in [0.15, 0.2) is 35.2 Å². The number of aryl methyl sites for hydroxylation is 1. The van der Waals surface area contributed by atoms with Gasteiger partial charge in [-0.15, -0.1) is 11.3 Å². The third kappa shape index (κ3) is 3.18. The fourth-order valence-corrected chi connectivity index (χ4v) is 1.91. The van der Waals surface area contributed by atoms with Gasteiger partial charge in [0.1, 0.15) is 5.75 Å². The smallest absolute Gasteiger partial charge is 0.248 e. The van der Waals surface area contributed by atoms with Crippen LogP contribution in [0.1, 0.15) is 11.3 Å². The number of phenolic OH excluding ortho intramolecular Hbond substituents is 1. The summed E-state index contributed by atoms with van der Waals surface area (Å²) >= 11 is 1.47. The highest BCUT2D eigenvalue weighted by atomic mass is 32.1. The molecule has 0 aliphatic rings. The summed E-state index contributed by atoms with van der Waals surface area (Å²) in [7, 11) is 0. The van der Waals surface area contributed by atoms with Gasteiger partial charge in [0.15, 0.2) is 0 Å². The lowest BCUT2D eigenvalue weighted by molar-refractivity contribution is -0.111. The van der Waals surface area contributed by atoms with Gasteiger partial charge in [-0.05, 0) is 30.7 Å². The van der Waals surface area contributed by atoms with Crippen LogP contribution in [0, 0.1) is 6.92 Å². The van der Waals surface area contributed by atoms with Crippen LogP contribution in [-0.4, -0.2) is 16.0 Å². The van der Waals surface area contributed by atoms with E-state index in [4.69, 9.17) is 0 Å². The number of nitrogens with zero attached hydrogens (tertiary/aromatic N) is 1. The van der Waals surface area contributed by atoms with Crippen LogP contribution in [0.5, 0.6) is 5.75 Å². The van der Waals surface area contributed by atoms with Gasteiger partial charge in [0.05, 0.1) is 16.9 Å². The van der Waals surface area contributed by atoms with Gasteiger partial charge >= 0.3 is 0 Å². The number of carbonyl (C=O) groups excluding carboxylic acids is 1. The second-order valence-electron chi connectivity index (χ2n) is 3.76. The summed E-state index contributed by atoms with van der Waals surface area (Å²) in [6.07, 6.45) is 3.01. The zero-order chi connectivity index (χ0) is 13.0. The summed E-state index contributed by atoms with van der Waals surface area (Å²) in [5.74, 6) is -0.243. The van der Waals surface area contributed by atoms with E-state index in [1.807, 2.05) is 18.4 Å². The number of anilines is 1. The molecule has 1 aromatic heterocycles. The van der Waals surface area contributed by atoms with Crippen LogP contribution in [-0.2, 0) is 4.79 Å². The molecule has 0 aliphatic carbocycles. The molecular formula is C13H12N2O2S. The van der Waals surface area contributed by atoms with Gasteiger partial charge in [-0.2, -0.15) is 0 Å². The number of carbonyl (C=O) groups is 1. The van der Waals surface area contributed by atoms with E-state index in [2.05, 4.69) is 10.3 Å². The molecule has 5 heteroatoms. The highest BCUT2D eigenvalue weighted by Crippen LogP contribution is 2.23. The molecule has 0 spiro atoms. The molecule has 0 radical (unpaired) electrons. The van der Waals surface area contributed by atoms with Crippen molar-refractivity contribution in [2.75, 3.05) is 5.32 Å². The Bertz CT molecular complexity index is 577. The number of hydrogen-bond donors (Lipinski definition) is 2. The van der Waals surface area contributed by atoms with E-state index in [0.717, 1.165) is 11.3 Å². The fourth-order valence-electron chi connectivity index (χ4n) is 1.39. The Hall–Kier alpha value is -2.14. The number of amides is 1. The Balaban J connectivity index is 2.03. The van der Waals surface area contributed by atoms with Crippen LogP contribution in [0.3, 0.4) is 0 Å². The summed E-state index contributed by atoms with van der Waals surface area (Å²) in [6.45, 7) is 1.87. The van der Waals surface area contributed by atoms with E-state index < -0.39 is 0 Å². The summed E-state index contributed by atoms with van der Waals surface area (Å²) in [6, 6.07) is 5.08. The minimum atomic E-state index is -0.304. The van der Waals surface area contributed by atoms with Gasteiger partial charge in [0, 0.05) is 11.5 Å². The molecule has 0 unspecified atom stereocenters. The minimum Gasteiger partial charge on any atom is -0.506 e. The molecule has 92 valence electrons. The predicted octanol–water partition coefficient (Wildman–Crippen LogP) is 2.81. The maximum absolute atomic E-state index is 11.6. The SMILES string of the molecule is Cc1ccc(NC(=O)C=Cc2cscn2)c(O)c1. The first-order valence-electron chi connectivity index (χ1n) is 5.32. The van der Waals surface area contributed by atoms with Crippen LogP contribution < -0.4 is 5.32 Å². The number of hydrogen-bond acceptors (Lipinski definition) is 4. The third-order valence-corrected chi connectivity index (χ3v) is 2.87. The maximum atomic E-state index is 11.6.